The summed E-state index contributed by atoms with van der Waals surface area (Å²) in [6.45, 7) is 14.1. The summed E-state index contributed by atoms with van der Waals surface area (Å²) in [4.78, 5) is 27.1. The predicted molar refractivity (Wildman–Crippen MR) is 166 cm³/mol. The van der Waals surface area contributed by atoms with Crippen molar-refractivity contribution in [2.75, 3.05) is 6.61 Å². The Morgan fingerprint density at radius 2 is 1.86 bits per heavy atom. The second kappa shape index (κ2) is 12.7. The molecule has 0 amide bonds. The second-order valence-corrected chi connectivity index (χ2v) is 14.2. The number of ketones is 1. The van der Waals surface area contributed by atoms with Gasteiger partial charge in [-0.1, -0.05) is 63.6 Å². The van der Waals surface area contributed by atoms with Crippen LogP contribution in [0.1, 0.15) is 80.6 Å². The van der Waals surface area contributed by atoms with E-state index in [1.165, 1.54) is 11.6 Å². The molecular weight excluding hydrogens is 560 g/mol. The zero-order valence-corrected chi connectivity index (χ0v) is 27.2. The molecule has 10 atom stereocenters. The summed E-state index contributed by atoms with van der Waals surface area (Å²) in [5, 5.41) is 23.3. The molecule has 4 aliphatic heterocycles. The standard InChI is InChI=1S/C36H50O8/c1-20(2)13-24(6)33-25(7)30(37)18-35(44-33)17-27-16-26(43-35)12-11-22(4)14-21(3)9-8-10-31-36(40)28(34(39)42-27)15-23(5)32(38)29(36)19-41-31/h8-11,13,15,20-21,25-30,33,37,40H,12,14,16-19H2,1-7H3/b9-8+,22-11+,24-13+,31-10-/t21-,25-,26+,27+,28-,29+,30+,33+,35-,36+/m0/s1. The molecule has 242 valence electrons. The van der Waals surface area contributed by atoms with Crippen molar-refractivity contribution in [1.29, 1.82) is 0 Å². The summed E-state index contributed by atoms with van der Waals surface area (Å²) < 4.78 is 25.6. The lowest BCUT2D eigenvalue weighted by Crippen LogP contribution is -2.58. The fourth-order valence-electron chi connectivity index (χ4n) is 7.74. The van der Waals surface area contributed by atoms with Gasteiger partial charge in [0.15, 0.2) is 17.2 Å². The van der Waals surface area contributed by atoms with Gasteiger partial charge in [-0.15, -0.1) is 0 Å². The highest BCUT2D eigenvalue weighted by molar-refractivity contribution is 6.01. The van der Waals surface area contributed by atoms with Gasteiger partial charge in [-0.05, 0) is 62.7 Å². The van der Waals surface area contributed by atoms with Crippen LogP contribution in [0, 0.1) is 29.6 Å². The molecule has 8 nitrogen and oxygen atoms in total. The zero-order valence-electron chi connectivity index (χ0n) is 27.2. The number of fused-ring (bicyclic) bond motifs is 2. The summed E-state index contributed by atoms with van der Waals surface area (Å²) in [6, 6.07) is 0. The number of hydrogen-bond acceptors (Lipinski definition) is 8. The molecule has 4 heterocycles. The van der Waals surface area contributed by atoms with Crippen LogP contribution in [-0.4, -0.2) is 64.4 Å². The Balaban J connectivity index is 1.53. The first-order valence-electron chi connectivity index (χ1n) is 16.3. The van der Waals surface area contributed by atoms with E-state index in [4.69, 9.17) is 18.9 Å². The molecule has 5 rings (SSSR count). The summed E-state index contributed by atoms with van der Waals surface area (Å²) in [6.07, 6.45) is 11.9. The maximum absolute atomic E-state index is 14.0. The van der Waals surface area contributed by atoms with E-state index >= 15 is 0 Å². The minimum atomic E-state index is -1.84. The van der Waals surface area contributed by atoms with E-state index in [2.05, 4.69) is 39.8 Å². The van der Waals surface area contributed by atoms with Crippen molar-refractivity contribution in [3.05, 3.63) is 58.9 Å². The SMILES string of the molecule is CC1=C[C@H]2C(=O)O[C@@H]3C[C@@H](C/C=C(\C)C[C@@H](C)/C=C/C=C4\OC[C@H](C1=O)[C@@]42O)O[C@]1(C3)C[C@@H](O)[C@H](C)[C@@H](/C(C)=C/C(C)C)O1. The van der Waals surface area contributed by atoms with Gasteiger partial charge in [0.25, 0.3) is 0 Å². The molecule has 0 unspecified atom stereocenters. The van der Waals surface area contributed by atoms with Gasteiger partial charge >= 0.3 is 5.97 Å². The van der Waals surface area contributed by atoms with Crippen LogP contribution in [0.3, 0.4) is 0 Å². The van der Waals surface area contributed by atoms with Crippen molar-refractivity contribution >= 4 is 11.8 Å². The Bertz CT molecular complexity index is 1290. The normalized spacial score (nSPS) is 45.0. The highest BCUT2D eigenvalue weighted by Gasteiger charge is 2.61. The van der Waals surface area contributed by atoms with E-state index in [1.807, 2.05) is 26.0 Å². The van der Waals surface area contributed by atoms with Crippen LogP contribution in [0.2, 0.25) is 0 Å². The Labute approximate surface area is 261 Å². The summed E-state index contributed by atoms with van der Waals surface area (Å²) >= 11 is 0. The van der Waals surface area contributed by atoms with Crippen molar-refractivity contribution in [3.63, 3.8) is 0 Å². The molecule has 1 aliphatic carbocycles. The van der Waals surface area contributed by atoms with Gasteiger partial charge in [0.2, 0.25) is 0 Å². The first-order valence-corrected chi connectivity index (χ1v) is 16.3. The molecule has 44 heavy (non-hydrogen) atoms. The van der Waals surface area contributed by atoms with Gasteiger partial charge in [-0.3, -0.25) is 9.59 Å². The smallest absolute Gasteiger partial charge is 0.316 e. The van der Waals surface area contributed by atoms with Gasteiger partial charge in [-0.2, -0.15) is 0 Å². The van der Waals surface area contributed by atoms with Crippen molar-refractivity contribution < 1.29 is 38.7 Å². The first kappa shape index (κ1) is 32.9. The van der Waals surface area contributed by atoms with Crippen molar-refractivity contribution in [2.24, 2.45) is 29.6 Å². The summed E-state index contributed by atoms with van der Waals surface area (Å²) in [5.74, 6) is -3.40. The molecule has 0 aromatic rings. The summed E-state index contributed by atoms with van der Waals surface area (Å²) in [7, 11) is 0. The third-order valence-corrected chi connectivity index (χ3v) is 9.96. The average Bonchev–Trinajstić information content (AvgIpc) is 3.27. The second-order valence-electron chi connectivity index (χ2n) is 14.2. The molecule has 3 fully saturated rings. The maximum Gasteiger partial charge on any atom is 0.316 e. The van der Waals surface area contributed by atoms with E-state index in [-0.39, 0.29) is 55.0 Å². The van der Waals surface area contributed by atoms with Crippen LogP contribution in [0.25, 0.3) is 0 Å². The quantitative estimate of drug-likeness (QED) is 0.312. The van der Waals surface area contributed by atoms with Crippen LogP contribution < -0.4 is 0 Å². The lowest BCUT2D eigenvalue weighted by atomic mass is 9.69. The van der Waals surface area contributed by atoms with Crippen LogP contribution >= 0.6 is 0 Å². The first-order chi connectivity index (χ1) is 20.7. The number of hydrogen-bond donors (Lipinski definition) is 2. The van der Waals surface area contributed by atoms with Crippen molar-refractivity contribution in [2.45, 2.75) is 116 Å². The van der Waals surface area contributed by atoms with Gasteiger partial charge in [0, 0.05) is 25.2 Å². The maximum atomic E-state index is 14.0. The number of ether oxygens (including phenoxy) is 4. The van der Waals surface area contributed by atoms with Crippen LogP contribution in [0.15, 0.2) is 58.9 Å². The summed E-state index contributed by atoms with van der Waals surface area (Å²) in [5.41, 5.74) is 0.820. The Morgan fingerprint density at radius 3 is 2.59 bits per heavy atom. The third kappa shape index (κ3) is 6.41. The average molecular weight is 611 g/mol. The molecule has 3 saturated heterocycles. The monoisotopic (exact) mass is 610 g/mol. The molecular formula is C36H50O8. The fourth-order valence-corrected chi connectivity index (χ4v) is 7.74. The fraction of sp³-hybridized carbons (Fsp3) is 0.667. The minimum absolute atomic E-state index is 0.00162. The number of rotatable bonds is 2. The highest BCUT2D eigenvalue weighted by Crippen LogP contribution is 2.48. The highest BCUT2D eigenvalue weighted by atomic mass is 16.7. The predicted octanol–water partition coefficient (Wildman–Crippen LogP) is 5.50. The number of aliphatic hydroxyl groups is 2. The van der Waals surface area contributed by atoms with E-state index in [9.17, 15) is 19.8 Å². The van der Waals surface area contributed by atoms with Gasteiger partial charge < -0.3 is 29.2 Å². The van der Waals surface area contributed by atoms with Gasteiger partial charge in [-0.25, -0.2) is 0 Å². The molecule has 2 bridgehead atoms. The Hall–Kier alpha value is -2.52. The Morgan fingerprint density at radius 1 is 1.11 bits per heavy atom. The lowest BCUT2D eigenvalue weighted by Gasteiger charge is -2.51. The van der Waals surface area contributed by atoms with Gasteiger partial charge in [0.1, 0.15) is 24.4 Å². The number of carbonyl (C=O) groups is 2. The lowest BCUT2D eigenvalue weighted by molar-refractivity contribution is -0.342. The molecule has 1 spiro atoms. The molecule has 0 saturated carbocycles. The van der Waals surface area contributed by atoms with E-state index in [0.717, 1.165) is 12.0 Å². The van der Waals surface area contributed by atoms with Crippen LogP contribution in [-0.2, 0) is 28.5 Å². The number of esters is 1. The molecule has 0 radical (unpaired) electrons. The van der Waals surface area contributed by atoms with E-state index in [1.54, 1.807) is 13.0 Å². The van der Waals surface area contributed by atoms with Crippen LogP contribution in [0.4, 0.5) is 0 Å². The van der Waals surface area contributed by atoms with E-state index < -0.39 is 41.4 Å². The largest absolute Gasteiger partial charge is 0.494 e. The van der Waals surface area contributed by atoms with Crippen molar-refractivity contribution in [3.8, 4) is 0 Å². The van der Waals surface area contributed by atoms with Crippen molar-refractivity contribution in [1.82, 2.24) is 0 Å². The molecule has 2 N–H and O–H groups in total. The molecule has 5 aliphatic rings. The number of aliphatic hydroxyl groups excluding tert-OH is 1. The number of allylic oxidation sites excluding steroid dienone is 6. The number of Topliss-reactive ketones (excluding diaryl/α,β-unsaturated/α-hetero) is 1. The van der Waals surface area contributed by atoms with Crippen LogP contribution in [0.5, 0.6) is 0 Å². The minimum Gasteiger partial charge on any atom is -0.494 e. The zero-order chi connectivity index (χ0) is 32.0. The van der Waals surface area contributed by atoms with E-state index in [0.29, 0.717) is 24.3 Å². The Kier molecular flexibility index (Phi) is 9.49. The van der Waals surface area contributed by atoms with Gasteiger partial charge in [0.05, 0.1) is 24.2 Å². The molecule has 0 aromatic carbocycles. The molecule has 8 heteroatoms. The topological polar surface area (TPSA) is 112 Å². The number of carbonyl (C=O) groups excluding carboxylic acids is 2. The third-order valence-electron chi connectivity index (χ3n) is 9.96. The molecule has 0 aromatic heterocycles.